The van der Waals surface area contributed by atoms with Crippen LogP contribution < -0.4 is 0 Å². The van der Waals surface area contributed by atoms with Gasteiger partial charge < -0.3 is 9.67 Å². The van der Waals surface area contributed by atoms with E-state index in [0.29, 0.717) is 0 Å². The predicted octanol–water partition coefficient (Wildman–Crippen LogP) is 2.19. The average Bonchev–Trinajstić information content (AvgIpc) is 2.42. The standard InChI is InChI=1S/C7H6ClF3N2O2/c8-6-12-4(5(14)15)3-13(6)2-1-7(9,10)11/h3H,1-2H2,(H,14,15). The number of aromatic carboxylic acids is 1. The number of hydrogen-bond acceptors (Lipinski definition) is 2. The molecule has 0 amide bonds. The van der Waals surface area contributed by atoms with E-state index in [1.807, 2.05) is 0 Å². The zero-order valence-electron chi connectivity index (χ0n) is 7.25. The molecule has 0 fully saturated rings. The lowest BCUT2D eigenvalue weighted by Gasteiger charge is -2.06. The molecule has 0 aromatic carbocycles. The van der Waals surface area contributed by atoms with Gasteiger partial charge in [0.15, 0.2) is 5.69 Å². The highest BCUT2D eigenvalue weighted by atomic mass is 35.5. The number of carboxylic acids is 1. The Bertz CT molecular complexity index is 375. The van der Waals surface area contributed by atoms with E-state index in [4.69, 9.17) is 16.7 Å². The summed E-state index contributed by atoms with van der Waals surface area (Å²) in [6.07, 6.45) is -4.42. The van der Waals surface area contributed by atoms with Gasteiger partial charge in [0, 0.05) is 12.7 Å². The molecular weight excluding hydrogens is 237 g/mol. The first kappa shape index (κ1) is 11.8. The first-order chi connectivity index (χ1) is 6.79. The maximum absolute atomic E-state index is 11.8. The van der Waals surface area contributed by atoms with Crippen molar-refractivity contribution in [3.63, 3.8) is 0 Å². The van der Waals surface area contributed by atoms with E-state index in [2.05, 4.69) is 4.98 Å². The fraction of sp³-hybridized carbons (Fsp3) is 0.429. The number of hydrogen-bond donors (Lipinski definition) is 1. The maximum atomic E-state index is 11.8. The molecule has 84 valence electrons. The number of carboxylic acid groups (broad SMARTS) is 1. The van der Waals surface area contributed by atoms with E-state index < -0.39 is 25.1 Å². The number of alkyl halides is 3. The highest BCUT2D eigenvalue weighted by Gasteiger charge is 2.27. The lowest BCUT2D eigenvalue weighted by atomic mass is 10.4. The third-order valence-electron chi connectivity index (χ3n) is 1.58. The molecule has 0 bridgehead atoms. The number of imidazole rings is 1. The Morgan fingerprint density at radius 1 is 1.60 bits per heavy atom. The Balaban J connectivity index is 2.74. The van der Waals surface area contributed by atoms with Crippen LogP contribution in [-0.4, -0.2) is 26.8 Å². The van der Waals surface area contributed by atoms with Crippen LogP contribution in [0.1, 0.15) is 16.9 Å². The number of rotatable bonds is 3. The monoisotopic (exact) mass is 242 g/mol. The van der Waals surface area contributed by atoms with Crippen LogP contribution in [0.3, 0.4) is 0 Å². The first-order valence-corrected chi connectivity index (χ1v) is 4.20. The third-order valence-corrected chi connectivity index (χ3v) is 1.88. The first-order valence-electron chi connectivity index (χ1n) is 3.82. The van der Waals surface area contributed by atoms with Crippen molar-refractivity contribution >= 4 is 17.6 Å². The minimum Gasteiger partial charge on any atom is -0.476 e. The van der Waals surface area contributed by atoms with Crippen LogP contribution in [0.15, 0.2) is 6.20 Å². The van der Waals surface area contributed by atoms with Gasteiger partial charge in [-0.3, -0.25) is 0 Å². The van der Waals surface area contributed by atoms with Gasteiger partial charge in [-0.1, -0.05) is 0 Å². The molecule has 0 spiro atoms. The molecule has 0 aliphatic carbocycles. The van der Waals surface area contributed by atoms with Gasteiger partial charge in [0.25, 0.3) is 0 Å². The van der Waals surface area contributed by atoms with E-state index in [1.54, 1.807) is 0 Å². The number of aromatic nitrogens is 2. The molecule has 0 radical (unpaired) electrons. The lowest BCUT2D eigenvalue weighted by molar-refractivity contribution is -0.136. The van der Waals surface area contributed by atoms with Crippen LogP contribution in [0, 0.1) is 0 Å². The second-order valence-electron chi connectivity index (χ2n) is 2.76. The summed E-state index contributed by atoms with van der Waals surface area (Å²) in [6.45, 7) is -0.442. The van der Waals surface area contributed by atoms with Gasteiger partial charge in [-0.2, -0.15) is 13.2 Å². The molecule has 1 aromatic rings. The van der Waals surface area contributed by atoms with Crippen molar-refractivity contribution in [2.75, 3.05) is 0 Å². The molecule has 15 heavy (non-hydrogen) atoms. The van der Waals surface area contributed by atoms with Crippen molar-refractivity contribution in [1.82, 2.24) is 9.55 Å². The minimum atomic E-state index is -4.31. The van der Waals surface area contributed by atoms with Gasteiger partial charge in [-0.05, 0) is 11.6 Å². The molecule has 1 heterocycles. The Hall–Kier alpha value is -1.24. The molecule has 0 saturated heterocycles. The average molecular weight is 243 g/mol. The molecule has 1 aromatic heterocycles. The molecule has 8 heteroatoms. The Morgan fingerprint density at radius 3 is 2.60 bits per heavy atom. The number of carbonyl (C=O) groups is 1. The molecule has 0 aliphatic heterocycles. The topological polar surface area (TPSA) is 55.1 Å². The molecule has 0 atom stereocenters. The summed E-state index contributed by atoms with van der Waals surface area (Å²) in [5.74, 6) is -1.33. The fourth-order valence-corrected chi connectivity index (χ4v) is 1.12. The van der Waals surface area contributed by atoms with Gasteiger partial charge >= 0.3 is 12.1 Å². The highest BCUT2D eigenvalue weighted by Crippen LogP contribution is 2.21. The van der Waals surface area contributed by atoms with Crippen molar-refractivity contribution < 1.29 is 23.1 Å². The van der Waals surface area contributed by atoms with Crippen LogP contribution in [0.5, 0.6) is 0 Å². The third kappa shape index (κ3) is 3.43. The second kappa shape index (κ2) is 4.09. The summed E-state index contributed by atoms with van der Waals surface area (Å²) in [5, 5.41) is 8.23. The van der Waals surface area contributed by atoms with Gasteiger partial charge in [0.05, 0.1) is 6.42 Å². The smallest absolute Gasteiger partial charge is 0.390 e. The van der Waals surface area contributed by atoms with Crippen LogP contribution >= 0.6 is 11.6 Å². The van der Waals surface area contributed by atoms with Gasteiger partial charge in [-0.15, -0.1) is 0 Å². The molecule has 4 nitrogen and oxygen atoms in total. The molecule has 0 unspecified atom stereocenters. The summed E-state index contributed by atoms with van der Waals surface area (Å²) in [7, 11) is 0. The van der Waals surface area contributed by atoms with E-state index in [1.165, 1.54) is 0 Å². The second-order valence-corrected chi connectivity index (χ2v) is 3.10. The highest BCUT2D eigenvalue weighted by molar-refractivity contribution is 6.28. The summed E-state index contributed by atoms with van der Waals surface area (Å²) in [5.41, 5.74) is -0.373. The summed E-state index contributed by atoms with van der Waals surface area (Å²) in [6, 6.07) is 0. The van der Waals surface area contributed by atoms with E-state index in [0.717, 1.165) is 10.8 Å². The van der Waals surface area contributed by atoms with Crippen molar-refractivity contribution in [2.24, 2.45) is 0 Å². The summed E-state index contributed by atoms with van der Waals surface area (Å²) in [4.78, 5) is 13.8. The Morgan fingerprint density at radius 2 is 2.20 bits per heavy atom. The van der Waals surface area contributed by atoms with Crippen molar-refractivity contribution in [2.45, 2.75) is 19.1 Å². The minimum absolute atomic E-state index is 0.267. The molecule has 0 aliphatic rings. The van der Waals surface area contributed by atoms with E-state index in [-0.39, 0.29) is 11.0 Å². The van der Waals surface area contributed by atoms with Crippen LogP contribution in [0.25, 0.3) is 0 Å². The van der Waals surface area contributed by atoms with Gasteiger partial charge in [0.2, 0.25) is 5.28 Å². The van der Waals surface area contributed by atoms with Crippen molar-refractivity contribution in [3.8, 4) is 0 Å². The molecule has 1 rings (SSSR count). The SMILES string of the molecule is O=C(O)c1cn(CCC(F)(F)F)c(Cl)n1. The van der Waals surface area contributed by atoms with Gasteiger partial charge in [-0.25, -0.2) is 9.78 Å². The zero-order chi connectivity index (χ0) is 11.6. The fourth-order valence-electron chi connectivity index (χ4n) is 0.900. The Labute approximate surface area is 87.3 Å². The van der Waals surface area contributed by atoms with Gasteiger partial charge in [0.1, 0.15) is 0 Å². The maximum Gasteiger partial charge on any atom is 0.390 e. The number of nitrogens with zero attached hydrogens (tertiary/aromatic N) is 2. The molecular formula is C7H6ClF3N2O2. The zero-order valence-corrected chi connectivity index (χ0v) is 8.01. The van der Waals surface area contributed by atoms with Crippen molar-refractivity contribution in [1.29, 1.82) is 0 Å². The largest absolute Gasteiger partial charge is 0.476 e. The number of halogens is 4. The number of aryl methyl sites for hydroxylation is 1. The Kier molecular flexibility index (Phi) is 3.23. The van der Waals surface area contributed by atoms with E-state index in [9.17, 15) is 18.0 Å². The van der Waals surface area contributed by atoms with Crippen LogP contribution in [0.2, 0.25) is 5.28 Å². The summed E-state index contributed by atoms with van der Waals surface area (Å²) < 4.78 is 36.5. The predicted molar refractivity (Wildman–Crippen MR) is 44.9 cm³/mol. The lowest BCUT2D eigenvalue weighted by Crippen LogP contribution is -2.11. The van der Waals surface area contributed by atoms with Crippen molar-refractivity contribution in [3.05, 3.63) is 17.2 Å². The van der Waals surface area contributed by atoms with Crippen LogP contribution in [0.4, 0.5) is 13.2 Å². The summed E-state index contributed by atoms with van der Waals surface area (Å²) >= 11 is 5.44. The molecule has 1 N–H and O–H groups in total. The molecule has 0 saturated carbocycles. The normalized spacial score (nSPS) is 11.7. The quantitative estimate of drug-likeness (QED) is 0.884. The van der Waals surface area contributed by atoms with E-state index >= 15 is 0 Å². The van der Waals surface area contributed by atoms with Crippen LogP contribution in [-0.2, 0) is 6.54 Å².